The maximum absolute atomic E-state index is 6.26. The summed E-state index contributed by atoms with van der Waals surface area (Å²) in [7, 11) is 0. The van der Waals surface area contributed by atoms with Crippen LogP contribution in [0.15, 0.2) is 241 Å². The number of fused-ring (bicyclic) bond motifs is 7. The highest BCUT2D eigenvalue weighted by Gasteiger charge is 2.17. The van der Waals surface area contributed by atoms with Gasteiger partial charge in [-0.2, -0.15) is 0 Å². The lowest BCUT2D eigenvalue weighted by molar-refractivity contribution is 0.669. The highest BCUT2D eigenvalue weighted by molar-refractivity contribution is 6.14. The molecule has 0 radical (unpaired) electrons. The van der Waals surface area contributed by atoms with Gasteiger partial charge in [0.2, 0.25) is 0 Å². The van der Waals surface area contributed by atoms with Gasteiger partial charge in [0.1, 0.15) is 11.2 Å². The van der Waals surface area contributed by atoms with E-state index in [2.05, 4.69) is 229 Å². The summed E-state index contributed by atoms with van der Waals surface area (Å²) < 4.78 is 6.26. The largest absolute Gasteiger partial charge is 0.456 e. The predicted octanol–water partition coefficient (Wildman–Crippen LogP) is 17.2. The van der Waals surface area contributed by atoms with Crippen LogP contribution in [0.4, 0.5) is 17.1 Å². The molecule has 0 saturated heterocycles. The molecule has 62 heavy (non-hydrogen) atoms. The van der Waals surface area contributed by atoms with Gasteiger partial charge in [0.05, 0.1) is 0 Å². The maximum Gasteiger partial charge on any atom is 0.136 e. The van der Waals surface area contributed by atoms with Gasteiger partial charge in [-0.25, -0.2) is 0 Å². The Hall–Kier alpha value is -8.20. The minimum absolute atomic E-state index is 0.899. The number of para-hydroxylation sites is 1. The molecule has 0 aliphatic carbocycles. The average molecular weight is 790 g/mol. The lowest BCUT2D eigenvalue weighted by atomic mass is 9.93. The first kappa shape index (κ1) is 35.7. The summed E-state index contributed by atoms with van der Waals surface area (Å²) in [6.45, 7) is 0. The number of anilines is 3. The van der Waals surface area contributed by atoms with Crippen molar-refractivity contribution in [1.29, 1.82) is 0 Å². The van der Waals surface area contributed by atoms with E-state index in [1.54, 1.807) is 0 Å². The van der Waals surface area contributed by atoms with Crippen LogP contribution in [0, 0.1) is 0 Å². The fraction of sp³-hybridized carbons (Fsp3) is 0. The fourth-order valence-electron chi connectivity index (χ4n) is 9.48. The average Bonchev–Trinajstić information content (AvgIpc) is 3.74. The van der Waals surface area contributed by atoms with Crippen molar-refractivity contribution in [3.63, 3.8) is 0 Å². The summed E-state index contributed by atoms with van der Waals surface area (Å²) >= 11 is 0. The predicted molar refractivity (Wildman–Crippen MR) is 263 cm³/mol. The Morgan fingerprint density at radius 3 is 1.50 bits per heavy atom. The van der Waals surface area contributed by atoms with E-state index in [-0.39, 0.29) is 0 Å². The molecule has 1 aromatic heterocycles. The molecule has 0 spiro atoms. The lowest BCUT2D eigenvalue weighted by Crippen LogP contribution is -2.09. The van der Waals surface area contributed by atoms with Crippen LogP contribution in [0.2, 0.25) is 0 Å². The Morgan fingerprint density at radius 1 is 0.258 bits per heavy atom. The summed E-state index contributed by atoms with van der Waals surface area (Å²) in [5, 5.41) is 9.83. The molecule has 2 heteroatoms. The molecule has 0 atom stereocenters. The summed E-state index contributed by atoms with van der Waals surface area (Å²) in [5.41, 5.74) is 14.6. The molecule has 0 N–H and O–H groups in total. The summed E-state index contributed by atoms with van der Waals surface area (Å²) in [5.74, 6) is 0. The van der Waals surface area contributed by atoms with E-state index in [9.17, 15) is 0 Å². The Morgan fingerprint density at radius 2 is 0.758 bits per heavy atom. The van der Waals surface area contributed by atoms with E-state index in [0.717, 1.165) is 50.1 Å². The highest BCUT2D eigenvalue weighted by atomic mass is 16.3. The van der Waals surface area contributed by atoms with Crippen molar-refractivity contribution in [1.82, 2.24) is 0 Å². The molecule has 290 valence electrons. The molecule has 0 aliphatic heterocycles. The van der Waals surface area contributed by atoms with Gasteiger partial charge in [0.25, 0.3) is 0 Å². The normalized spacial score (nSPS) is 11.5. The van der Waals surface area contributed by atoms with Gasteiger partial charge in [0.15, 0.2) is 0 Å². The number of hydrogen-bond acceptors (Lipinski definition) is 2. The zero-order valence-electron chi connectivity index (χ0n) is 33.9. The summed E-state index contributed by atoms with van der Waals surface area (Å²) in [6.07, 6.45) is 0. The molecular formula is C60H39NO. The molecule has 0 saturated carbocycles. The molecule has 0 bridgehead atoms. The van der Waals surface area contributed by atoms with Crippen LogP contribution >= 0.6 is 0 Å². The number of nitrogens with zero attached hydrogens (tertiary/aromatic N) is 1. The van der Waals surface area contributed by atoms with Crippen LogP contribution in [0.5, 0.6) is 0 Å². The molecule has 12 aromatic rings. The van der Waals surface area contributed by atoms with Crippen molar-refractivity contribution < 1.29 is 4.42 Å². The first-order chi connectivity index (χ1) is 30.7. The third-order valence-electron chi connectivity index (χ3n) is 12.5. The summed E-state index contributed by atoms with van der Waals surface area (Å²) in [6, 6.07) is 85.5. The minimum Gasteiger partial charge on any atom is -0.456 e. The Labute approximate surface area is 360 Å². The molecule has 0 amide bonds. The van der Waals surface area contributed by atoms with E-state index in [1.807, 2.05) is 12.1 Å². The second-order valence-corrected chi connectivity index (χ2v) is 16.1. The first-order valence-corrected chi connectivity index (χ1v) is 21.2. The first-order valence-electron chi connectivity index (χ1n) is 21.2. The second kappa shape index (κ2) is 14.8. The molecule has 11 aromatic carbocycles. The van der Waals surface area contributed by atoms with Crippen LogP contribution in [0.3, 0.4) is 0 Å². The van der Waals surface area contributed by atoms with Crippen LogP contribution in [0.25, 0.3) is 98.8 Å². The third kappa shape index (κ3) is 6.12. The second-order valence-electron chi connectivity index (χ2n) is 16.1. The quantitative estimate of drug-likeness (QED) is 0.150. The molecule has 1 heterocycles. The van der Waals surface area contributed by atoms with Crippen LogP contribution in [-0.4, -0.2) is 0 Å². The van der Waals surface area contributed by atoms with Gasteiger partial charge in [-0.1, -0.05) is 176 Å². The van der Waals surface area contributed by atoms with E-state index >= 15 is 0 Å². The standard InChI is InChI=1S/C60H39NO/c1-3-17-50-41(12-1)14-10-22-51(50)45-16-9-15-44(38-45)40-26-32-47(33-27-40)61(48-34-28-42(29-35-48)53-23-11-25-59-60(53)56-21-7-8-24-58(56)62-59)49-36-30-43(31-37-49)57-39-46-13-2-4-18-52(46)54-19-5-6-20-55(54)57/h1-39H. The number of rotatable bonds is 7. The van der Waals surface area contributed by atoms with Gasteiger partial charge in [-0.3, -0.25) is 0 Å². The molecule has 0 fully saturated rings. The minimum atomic E-state index is 0.899. The van der Waals surface area contributed by atoms with Crippen molar-refractivity contribution in [3.8, 4) is 44.5 Å². The number of benzene rings is 11. The zero-order valence-corrected chi connectivity index (χ0v) is 33.9. The Kier molecular flexibility index (Phi) is 8.53. The van der Waals surface area contributed by atoms with E-state index in [4.69, 9.17) is 4.42 Å². The highest BCUT2D eigenvalue weighted by Crippen LogP contribution is 2.42. The number of furan rings is 1. The van der Waals surface area contributed by atoms with Crippen LogP contribution in [0.1, 0.15) is 0 Å². The van der Waals surface area contributed by atoms with Crippen molar-refractivity contribution in [3.05, 3.63) is 237 Å². The van der Waals surface area contributed by atoms with Crippen molar-refractivity contribution in [2.24, 2.45) is 0 Å². The van der Waals surface area contributed by atoms with Crippen LogP contribution < -0.4 is 4.90 Å². The van der Waals surface area contributed by atoms with Gasteiger partial charge in [-0.15, -0.1) is 0 Å². The monoisotopic (exact) mass is 789 g/mol. The lowest BCUT2D eigenvalue weighted by Gasteiger charge is -2.26. The molecule has 12 rings (SSSR count). The summed E-state index contributed by atoms with van der Waals surface area (Å²) in [4.78, 5) is 2.36. The van der Waals surface area contributed by atoms with E-state index < -0.39 is 0 Å². The molecule has 0 aliphatic rings. The van der Waals surface area contributed by atoms with Crippen molar-refractivity contribution in [2.75, 3.05) is 4.90 Å². The third-order valence-corrected chi connectivity index (χ3v) is 12.5. The Balaban J connectivity index is 0.945. The molecular weight excluding hydrogens is 751 g/mol. The molecule has 2 nitrogen and oxygen atoms in total. The topological polar surface area (TPSA) is 16.4 Å². The van der Waals surface area contributed by atoms with E-state index in [0.29, 0.717) is 0 Å². The van der Waals surface area contributed by atoms with Crippen molar-refractivity contribution >= 4 is 71.3 Å². The van der Waals surface area contributed by atoms with E-state index in [1.165, 1.54) is 65.7 Å². The van der Waals surface area contributed by atoms with Crippen LogP contribution in [-0.2, 0) is 0 Å². The SMILES string of the molecule is c1cc(-c2ccc(N(c3ccc(-c4cc5ccccc5c5ccccc45)cc3)c3ccc(-c4cccc5oc6ccccc6c45)cc3)cc2)cc(-c2cccc3ccccc23)c1. The van der Waals surface area contributed by atoms with Gasteiger partial charge in [0, 0.05) is 27.8 Å². The fourth-order valence-corrected chi connectivity index (χ4v) is 9.48. The zero-order chi connectivity index (χ0) is 41.0. The van der Waals surface area contributed by atoms with Gasteiger partial charge < -0.3 is 9.32 Å². The Bertz CT molecular complexity index is 3610. The van der Waals surface area contributed by atoms with Gasteiger partial charge in [-0.05, 0) is 137 Å². The smallest absolute Gasteiger partial charge is 0.136 e. The van der Waals surface area contributed by atoms with Crippen molar-refractivity contribution in [2.45, 2.75) is 0 Å². The molecule has 0 unspecified atom stereocenters. The van der Waals surface area contributed by atoms with Gasteiger partial charge >= 0.3 is 0 Å². The maximum atomic E-state index is 6.26. The number of hydrogen-bond donors (Lipinski definition) is 0.